The first kappa shape index (κ1) is 19.3. The zero-order valence-corrected chi connectivity index (χ0v) is 16.6. The van der Waals surface area contributed by atoms with Crippen molar-refractivity contribution in [3.63, 3.8) is 0 Å². The van der Waals surface area contributed by atoms with E-state index in [1.54, 1.807) is 0 Å². The smallest absolute Gasteiger partial charge is 0.0969 e. The van der Waals surface area contributed by atoms with Gasteiger partial charge in [0.15, 0.2) is 0 Å². The van der Waals surface area contributed by atoms with Gasteiger partial charge < -0.3 is 9.80 Å². The zero-order chi connectivity index (χ0) is 20.8. The van der Waals surface area contributed by atoms with E-state index in [9.17, 15) is 10.5 Å². The number of nitriles is 2. The summed E-state index contributed by atoms with van der Waals surface area (Å²) in [5.74, 6) is -0.272. The van der Waals surface area contributed by atoms with Crippen molar-refractivity contribution in [2.24, 2.45) is 11.8 Å². The van der Waals surface area contributed by atoms with E-state index in [2.05, 4.69) is 36.4 Å². The Morgan fingerprint density at radius 2 is 1.03 bits per heavy atom. The van der Waals surface area contributed by atoms with Crippen LogP contribution in [0.5, 0.6) is 0 Å². The molecule has 0 aromatic heterocycles. The van der Waals surface area contributed by atoms with Crippen LogP contribution in [-0.2, 0) is 13.1 Å². The lowest BCUT2D eigenvalue weighted by Gasteiger charge is -2.31. The molecule has 4 nitrogen and oxygen atoms in total. The molecule has 0 saturated heterocycles. The van der Waals surface area contributed by atoms with Gasteiger partial charge >= 0.3 is 0 Å². The molecule has 4 heteroatoms. The predicted octanol–water partition coefficient (Wildman–Crippen LogP) is 5.09. The average Bonchev–Trinajstić information content (AvgIpc) is 2.80. The first-order valence-corrected chi connectivity index (χ1v) is 9.96. The number of hydrogen-bond donors (Lipinski definition) is 0. The van der Waals surface area contributed by atoms with Crippen molar-refractivity contribution >= 4 is 0 Å². The van der Waals surface area contributed by atoms with Gasteiger partial charge in [0.05, 0.1) is 23.3 Å². The summed E-state index contributed by atoms with van der Waals surface area (Å²) in [6.45, 7) is 1.42. The van der Waals surface area contributed by atoms with Crippen molar-refractivity contribution in [1.29, 1.82) is 10.5 Å². The Labute approximate surface area is 177 Å². The largest absolute Gasteiger partial charge is 0.349 e. The first-order chi connectivity index (χ1) is 14.8. The summed E-state index contributed by atoms with van der Waals surface area (Å²) in [5, 5.41) is 19.5. The fourth-order valence-corrected chi connectivity index (χ4v) is 3.85. The van der Waals surface area contributed by atoms with Gasteiger partial charge in [0, 0.05) is 49.7 Å². The molecule has 2 atom stereocenters. The number of benzene rings is 2. The van der Waals surface area contributed by atoms with Crippen molar-refractivity contribution in [3.8, 4) is 12.1 Å². The highest BCUT2D eigenvalue weighted by molar-refractivity contribution is 5.41. The summed E-state index contributed by atoms with van der Waals surface area (Å²) in [5.41, 5.74) is 3.70. The second-order valence-electron chi connectivity index (χ2n) is 7.44. The maximum atomic E-state index is 9.77. The van der Waals surface area contributed by atoms with Crippen LogP contribution >= 0.6 is 0 Å². The van der Waals surface area contributed by atoms with E-state index >= 15 is 0 Å². The fourth-order valence-electron chi connectivity index (χ4n) is 3.85. The Balaban J connectivity index is 1.50. The summed E-state index contributed by atoms with van der Waals surface area (Å²) >= 11 is 0. The third-order valence-corrected chi connectivity index (χ3v) is 5.36. The van der Waals surface area contributed by atoms with Gasteiger partial charge in [-0.15, -0.1) is 0 Å². The second kappa shape index (κ2) is 8.99. The molecular weight excluding hydrogens is 368 g/mol. The summed E-state index contributed by atoms with van der Waals surface area (Å²) in [7, 11) is 0. The monoisotopic (exact) mass is 390 g/mol. The van der Waals surface area contributed by atoms with E-state index in [0.29, 0.717) is 24.2 Å². The van der Waals surface area contributed by atoms with Gasteiger partial charge in [-0.3, -0.25) is 0 Å². The molecule has 2 unspecified atom stereocenters. The van der Waals surface area contributed by atoms with Crippen molar-refractivity contribution in [2.75, 3.05) is 0 Å². The van der Waals surface area contributed by atoms with Crippen LogP contribution < -0.4 is 0 Å². The van der Waals surface area contributed by atoms with Gasteiger partial charge in [-0.1, -0.05) is 72.8 Å². The fraction of sp³-hybridized carbons (Fsp3) is 0.154. The van der Waals surface area contributed by atoms with Crippen LogP contribution in [0.3, 0.4) is 0 Å². The van der Waals surface area contributed by atoms with Gasteiger partial charge in [0.25, 0.3) is 0 Å². The van der Waals surface area contributed by atoms with Crippen LogP contribution in [0.15, 0.2) is 109 Å². The maximum absolute atomic E-state index is 9.77. The number of hydrogen-bond acceptors (Lipinski definition) is 4. The Bertz CT molecular complexity index is 992. The standard InChI is InChI=1S/C26H22N4/c27-15-23-19-29(17-21-7-3-1-4-8-21)13-11-25(23)26-12-14-30(20-24(26)16-28)18-22-9-5-2-6-10-22/h1-14,19-20,25-26H,17-18H2. The Kier molecular flexibility index (Phi) is 5.78. The molecule has 2 heterocycles. The molecule has 2 aromatic carbocycles. The van der Waals surface area contributed by atoms with E-state index < -0.39 is 0 Å². The molecule has 0 aliphatic carbocycles. The molecule has 2 aromatic rings. The molecule has 0 amide bonds. The van der Waals surface area contributed by atoms with Crippen molar-refractivity contribution in [1.82, 2.24) is 9.80 Å². The van der Waals surface area contributed by atoms with E-state index in [0.717, 1.165) is 0 Å². The zero-order valence-electron chi connectivity index (χ0n) is 16.6. The topological polar surface area (TPSA) is 54.1 Å². The molecule has 0 N–H and O–H groups in total. The second-order valence-corrected chi connectivity index (χ2v) is 7.44. The summed E-state index contributed by atoms with van der Waals surface area (Å²) in [4.78, 5) is 4.04. The Morgan fingerprint density at radius 3 is 1.40 bits per heavy atom. The molecule has 0 fully saturated rings. The SMILES string of the molecule is N#CC1=CN(Cc2ccccc2)C=CC1C1C=CN(Cc2ccccc2)C=C1C#N. The van der Waals surface area contributed by atoms with Gasteiger partial charge in [-0.25, -0.2) is 0 Å². The molecule has 2 aliphatic heterocycles. The quantitative estimate of drug-likeness (QED) is 0.713. The minimum absolute atomic E-state index is 0.136. The van der Waals surface area contributed by atoms with Gasteiger partial charge in [0.2, 0.25) is 0 Å². The molecule has 0 spiro atoms. The lowest BCUT2D eigenvalue weighted by atomic mass is 9.80. The van der Waals surface area contributed by atoms with E-state index in [1.165, 1.54) is 11.1 Å². The number of nitrogens with zero attached hydrogens (tertiary/aromatic N) is 4. The highest BCUT2D eigenvalue weighted by Crippen LogP contribution is 2.34. The molecule has 0 bridgehead atoms. The van der Waals surface area contributed by atoms with Crippen LogP contribution in [0.25, 0.3) is 0 Å². The van der Waals surface area contributed by atoms with E-state index in [-0.39, 0.29) is 11.8 Å². The lowest BCUT2D eigenvalue weighted by molar-refractivity contribution is 0.441. The third kappa shape index (κ3) is 4.35. The van der Waals surface area contributed by atoms with Crippen LogP contribution in [0.4, 0.5) is 0 Å². The number of rotatable bonds is 5. The molecule has 0 radical (unpaired) electrons. The summed E-state index contributed by atoms with van der Waals surface area (Å²) in [6.07, 6.45) is 11.9. The van der Waals surface area contributed by atoms with E-state index in [1.807, 2.05) is 83.1 Å². The van der Waals surface area contributed by atoms with Crippen LogP contribution in [0, 0.1) is 34.5 Å². The van der Waals surface area contributed by atoms with Crippen LogP contribution in [0.1, 0.15) is 11.1 Å². The van der Waals surface area contributed by atoms with Gasteiger partial charge in [-0.05, 0) is 11.1 Å². The predicted molar refractivity (Wildman–Crippen MR) is 117 cm³/mol. The molecule has 146 valence electrons. The lowest BCUT2D eigenvalue weighted by Crippen LogP contribution is -2.26. The summed E-state index contributed by atoms with van der Waals surface area (Å²) < 4.78 is 0. The van der Waals surface area contributed by atoms with Crippen molar-refractivity contribution in [3.05, 3.63) is 120 Å². The summed E-state index contributed by atoms with van der Waals surface area (Å²) in [6, 6.07) is 25.0. The van der Waals surface area contributed by atoms with E-state index in [4.69, 9.17) is 0 Å². The van der Waals surface area contributed by atoms with Gasteiger partial charge in [0.1, 0.15) is 0 Å². The minimum Gasteiger partial charge on any atom is -0.349 e. The normalized spacial score (nSPS) is 20.2. The molecule has 2 aliphatic rings. The molecule has 30 heavy (non-hydrogen) atoms. The highest BCUT2D eigenvalue weighted by atomic mass is 15.1. The third-order valence-electron chi connectivity index (χ3n) is 5.36. The Morgan fingerprint density at radius 1 is 0.633 bits per heavy atom. The van der Waals surface area contributed by atoms with Gasteiger partial charge in [-0.2, -0.15) is 10.5 Å². The van der Waals surface area contributed by atoms with Crippen LogP contribution in [-0.4, -0.2) is 9.80 Å². The molecule has 0 saturated carbocycles. The average molecular weight is 390 g/mol. The van der Waals surface area contributed by atoms with Crippen molar-refractivity contribution < 1.29 is 0 Å². The molecular formula is C26H22N4. The Hall–Kier alpha value is -4.02. The highest BCUT2D eigenvalue weighted by Gasteiger charge is 2.29. The molecule has 4 rings (SSSR count). The van der Waals surface area contributed by atoms with Crippen molar-refractivity contribution in [2.45, 2.75) is 13.1 Å². The minimum atomic E-state index is -0.136. The maximum Gasteiger partial charge on any atom is 0.0969 e. The first-order valence-electron chi connectivity index (χ1n) is 9.96. The van der Waals surface area contributed by atoms with Crippen LogP contribution in [0.2, 0.25) is 0 Å². The number of allylic oxidation sites excluding steroid dienone is 4.